The van der Waals surface area contributed by atoms with E-state index in [1.54, 1.807) is 0 Å². The molecule has 1 N–H and O–H groups in total. The maximum absolute atomic E-state index is 3.62. The van der Waals surface area contributed by atoms with Gasteiger partial charge >= 0.3 is 0 Å². The molecule has 2 heteroatoms. The molecule has 1 nitrogen and oxygen atoms in total. The summed E-state index contributed by atoms with van der Waals surface area (Å²) >= 11 is 0. The van der Waals surface area contributed by atoms with Crippen LogP contribution in [0.2, 0.25) is 25.7 Å². The fourth-order valence-corrected chi connectivity index (χ4v) is 5.44. The molecule has 0 aliphatic heterocycles. The second-order valence-electron chi connectivity index (χ2n) is 6.83. The van der Waals surface area contributed by atoms with Gasteiger partial charge in [-0.1, -0.05) is 59.8 Å². The van der Waals surface area contributed by atoms with Gasteiger partial charge in [-0.05, 0) is 11.8 Å². The summed E-state index contributed by atoms with van der Waals surface area (Å²) < 4.78 is 0. The van der Waals surface area contributed by atoms with E-state index < -0.39 is 8.07 Å². The van der Waals surface area contributed by atoms with Crippen LogP contribution in [0.5, 0.6) is 0 Å². The zero-order chi connectivity index (χ0) is 12.1. The second-order valence-corrected chi connectivity index (χ2v) is 12.3. The molecule has 1 unspecified atom stereocenters. The van der Waals surface area contributed by atoms with Gasteiger partial charge in [0.05, 0.1) is 0 Å². The summed E-state index contributed by atoms with van der Waals surface area (Å²) in [6, 6.07) is 2.05. The maximum Gasteiger partial charge on any atom is 0.0448 e. The molecule has 0 saturated carbocycles. The van der Waals surface area contributed by atoms with Crippen molar-refractivity contribution in [3.63, 3.8) is 0 Å². The van der Waals surface area contributed by atoms with Crippen LogP contribution in [0, 0.1) is 5.41 Å². The topological polar surface area (TPSA) is 12.0 Å². The van der Waals surface area contributed by atoms with E-state index in [-0.39, 0.29) is 0 Å². The monoisotopic (exact) mass is 229 g/mol. The van der Waals surface area contributed by atoms with E-state index in [1.165, 1.54) is 25.4 Å². The Hall–Kier alpha value is 0.177. The lowest BCUT2D eigenvalue weighted by Gasteiger charge is -2.35. The summed E-state index contributed by atoms with van der Waals surface area (Å²) in [4.78, 5) is 0. The molecule has 0 aliphatic rings. The number of hydrogen-bond acceptors (Lipinski definition) is 1. The molecule has 0 aromatic carbocycles. The number of nitrogens with one attached hydrogen (secondary N) is 1. The van der Waals surface area contributed by atoms with Crippen LogP contribution < -0.4 is 5.32 Å². The second kappa shape index (κ2) is 6.05. The highest BCUT2D eigenvalue weighted by Crippen LogP contribution is 2.33. The number of hydrogen-bond donors (Lipinski definition) is 1. The lowest BCUT2D eigenvalue weighted by atomic mass is 9.87. The summed E-state index contributed by atoms with van der Waals surface area (Å²) in [6.45, 7) is 17.9. The third kappa shape index (κ3) is 8.03. The largest absolute Gasteiger partial charge is 0.314 e. The van der Waals surface area contributed by atoms with E-state index >= 15 is 0 Å². The Balaban J connectivity index is 4.31. The molecule has 1 atom stereocenters. The average Bonchev–Trinajstić information content (AvgIpc) is 1.98. The normalized spacial score (nSPS) is 16.8. The molecule has 92 valence electrons. The fourth-order valence-electron chi connectivity index (χ4n) is 2.57. The lowest BCUT2D eigenvalue weighted by molar-refractivity contribution is 0.297. The Morgan fingerprint density at radius 3 is 2.07 bits per heavy atom. The zero-order valence-corrected chi connectivity index (χ0v) is 12.9. The van der Waals surface area contributed by atoms with Crippen LogP contribution in [0.1, 0.15) is 40.5 Å². The molecule has 0 aromatic heterocycles. The van der Waals surface area contributed by atoms with Crippen molar-refractivity contribution in [2.24, 2.45) is 5.41 Å². The molecule has 15 heavy (non-hydrogen) atoms. The van der Waals surface area contributed by atoms with Gasteiger partial charge in [-0.2, -0.15) is 0 Å². The standard InChI is InChI=1S/C13H31NSi/c1-8-9-13(4,10-14-12(2)3)11-15(5,6)7/h12,14H,8-11H2,1-7H3. The summed E-state index contributed by atoms with van der Waals surface area (Å²) in [5.74, 6) is 0. The Kier molecular flexibility index (Phi) is 6.12. The first-order chi connectivity index (χ1) is 6.68. The fraction of sp³-hybridized carbons (Fsp3) is 1.00. The highest BCUT2D eigenvalue weighted by molar-refractivity contribution is 6.76. The van der Waals surface area contributed by atoms with Gasteiger partial charge in [0.1, 0.15) is 0 Å². The predicted molar refractivity (Wildman–Crippen MR) is 74.3 cm³/mol. The van der Waals surface area contributed by atoms with Crippen molar-refractivity contribution in [1.29, 1.82) is 0 Å². The molecule has 0 radical (unpaired) electrons. The van der Waals surface area contributed by atoms with Gasteiger partial charge in [-0.15, -0.1) is 0 Å². The van der Waals surface area contributed by atoms with Crippen molar-refractivity contribution in [3.8, 4) is 0 Å². The Morgan fingerprint density at radius 1 is 1.20 bits per heavy atom. The van der Waals surface area contributed by atoms with Crippen LogP contribution in [0.3, 0.4) is 0 Å². The van der Waals surface area contributed by atoms with Crippen LogP contribution in [-0.4, -0.2) is 20.7 Å². The molecule has 0 amide bonds. The van der Waals surface area contributed by atoms with Crippen molar-refractivity contribution < 1.29 is 0 Å². The quantitative estimate of drug-likeness (QED) is 0.647. The lowest BCUT2D eigenvalue weighted by Crippen LogP contribution is -2.40. The van der Waals surface area contributed by atoms with Gasteiger partial charge in [-0.3, -0.25) is 0 Å². The van der Waals surface area contributed by atoms with Crippen molar-refractivity contribution in [1.82, 2.24) is 5.32 Å². The summed E-state index contributed by atoms with van der Waals surface area (Å²) in [5.41, 5.74) is 0.517. The summed E-state index contributed by atoms with van der Waals surface area (Å²) in [7, 11) is -0.942. The van der Waals surface area contributed by atoms with E-state index in [1.807, 2.05) is 0 Å². The van der Waals surface area contributed by atoms with Crippen LogP contribution in [-0.2, 0) is 0 Å². The highest BCUT2D eigenvalue weighted by Gasteiger charge is 2.29. The van der Waals surface area contributed by atoms with Gasteiger partial charge in [0.2, 0.25) is 0 Å². The maximum atomic E-state index is 3.62. The first-order valence-corrected chi connectivity index (χ1v) is 10.1. The van der Waals surface area contributed by atoms with E-state index in [0.29, 0.717) is 11.5 Å². The first-order valence-electron chi connectivity index (χ1n) is 6.42. The van der Waals surface area contributed by atoms with Crippen molar-refractivity contribution >= 4 is 8.07 Å². The average molecular weight is 229 g/mol. The Morgan fingerprint density at radius 2 is 1.73 bits per heavy atom. The number of rotatable bonds is 7. The third-order valence-corrected chi connectivity index (χ3v) is 4.66. The molecule has 0 saturated heterocycles. The van der Waals surface area contributed by atoms with Crippen molar-refractivity contribution in [2.45, 2.75) is 72.3 Å². The first kappa shape index (κ1) is 15.2. The minimum Gasteiger partial charge on any atom is -0.314 e. The van der Waals surface area contributed by atoms with Crippen LogP contribution >= 0.6 is 0 Å². The van der Waals surface area contributed by atoms with Crippen molar-refractivity contribution in [2.75, 3.05) is 6.54 Å². The van der Waals surface area contributed by atoms with Gasteiger partial charge in [0.15, 0.2) is 0 Å². The van der Waals surface area contributed by atoms with Gasteiger partial charge < -0.3 is 5.32 Å². The minimum absolute atomic E-state index is 0.517. The van der Waals surface area contributed by atoms with Gasteiger partial charge in [0, 0.05) is 20.7 Å². The van der Waals surface area contributed by atoms with Gasteiger partial charge in [0.25, 0.3) is 0 Å². The van der Waals surface area contributed by atoms with E-state index in [4.69, 9.17) is 0 Å². The highest BCUT2D eigenvalue weighted by atomic mass is 28.3. The zero-order valence-electron chi connectivity index (χ0n) is 11.9. The molecular formula is C13H31NSi. The molecule has 0 aliphatic carbocycles. The van der Waals surface area contributed by atoms with Crippen LogP contribution in [0.4, 0.5) is 0 Å². The van der Waals surface area contributed by atoms with E-state index in [2.05, 4.69) is 52.7 Å². The molecule has 0 bridgehead atoms. The predicted octanol–water partition coefficient (Wildman–Crippen LogP) is 4.13. The summed E-state index contributed by atoms with van der Waals surface area (Å²) in [6.07, 6.45) is 2.66. The van der Waals surface area contributed by atoms with Crippen molar-refractivity contribution in [3.05, 3.63) is 0 Å². The molecular weight excluding hydrogens is 198 g/mol. The van der Waals surface area contributed by atoms with E-state index in [0.717, 1.165) is 0 Å². The molecule has 0 rings (SSSR count). The molecule has 0 fully saturated rings. The smallest absolute Gasteiger partial charge is 0.0448 e. The Bertz CT molecular complexity index is 172. The third-order valence-electron chi connectivity index (χ3n) is 2.75. The Labute approximate surface area is 98.0 Å². The SMILES string of the molecule is CCCC(C)(CNC(C)C)C[Si](C)(C)C. The van der Waals surface area contributed by atoms with Crippen LogP contribution in [0.25, 0.3) is 0 Å². The van der Waals surface area contributed by atoms with Gasteiger partial charge in [-0.25, -0.2) is 0 Å². The van der Waals surface area contributed by atoms with E-state index in [9.17, 15) is 0 Å². The molecule has 0 heterocycles. The summed E-state index contributed by atoms with van der Waals surface area (Å²) in [5, 5.41) is 3.62. The van der Waals surface area contributed by atoms with Crippen LogP contribution in [0.15, 0.2) is 0 Å². The molecule has 0 aromatic rings. The minimum atomic E-state index is -0.942. The molecule has 0 spiro atoms.